The van der Waals surface area contributed by atoms with E-state index in [1.54, 1.807) is 33.9 Å². The van der Waals surface area contributed by atoms with Crippen LogP contribution in [-0.2, 0) is 11.3 Å². The summed E-state index contributed by atoms with van der Waals surface area (Å²) in [4.78, 5) is 17.5. The molecule has 0 aliphatic rings. The van der Waals surface area contributed by atoms with Crippen molar-refractivity contribution in [1.82, 2.24) is 19.7 Å². The van der Waals surface area contributed by atoms with E-state index in [1.807, 2.05) is 0 Å². The summed E-state index contributed by atoms with van der Waals surface area (Å²) in [5, 5.41) is 4.09. The van der Waals surface area contributed by atoms with Crippen LogP contribution in [0.3, 0.4) is 0 Å². The van der Waals surface area contributed by atoms with Crippen molar-refractivity contribution in [1.29, 1.82) is 0 Å². The summed E-state index contributed by atoms with van der Waals surface area (Å²) >= 11 is 5.68. The number of ether oxygens (including phenoxy) is 1. The summed E-state index contributed by atoms with van der Waals surface area (Å²) in [6, 6.07) is 4.32. The molecule has 1 heterocycles. The molecule has 0 aliphatic heterocycles. The van der Waals surface area contributed by atoms with Gasteiger partial charge < -0.3 is 9.64 Å². The smallest absolute Gasteiger partial charge is 0.410 e. The van der Waals surface area contributed by atoms with Crippen molar-refractivity contribution in [3.63, 3.8) is 0 Å². The molecule has 0 aliphatic carbocycles. The summed E-state index contributed by atoms with van der Waals surface area (Å²) in [7, 11) is 1.59. The molecule has 0 saturated heterocycles. The van der Waals surface area contributed by atoms with Crippen LogP contribution in [0.4, 0.5) is 9.18 Å². The molecule has 0 atom stereocenters. The third kappa shape index (κ3) is 4.41. The fourth-order valence-electron chi connectivity index (χ4n) is 1.82. The first-order valence-corrected chi connectivity index (χ1v) is 7.33. The quantitative estimate of drug-likeness (QED) is 0.859. The van der Waals surface area contributed by atoms with Gasteiger partial charge >= 0.3 is 6.09 Å². The van der Waals surface area contributed by atoms with Gasteiger partial charge in [-0.15, -0.1) is 0 Å². The van der Waals surface area contributed by atoms with E-state index in [0.717, 1.165) is 0 Å². The molecule has 6 nitrogen and oxygen atoms in total. The van der Waals surface area contributed by atoms with E-state index in [4.69, 9.17) is 16.3 Å². The number of aromatic nitrogens is 3. The van der Waals surface area contributed by atoms with Crippen molar-refractivity contribution in [2.45, 2.75) is 32.9 Å². The molecule has 124 valence electrons. The second-order valence-corrected chi connectivity index (χ2v) is 6.43. The number of hydrogen-bond acceptors (Lipinski definition) is 4. The van der Waals surface area contributed by atoms with Crippen LogP contribution < -0.4 is 0 Å². The molecule has 1 aromatic heterocycles. The van der Waals surface area contributed by atoms with Crippen LogP contribution in [0.25, 0.3) is 5.69 Å². The highest BCUT2D eigenvalue weighted by Crippen LogP contribution is 2.19. The standard InChI is InChI=1S/C15H18ClFN4O2/c1-15(2,3)23-14(22)20(4)8-13-18-9-19-21(13)10-5-6-11(16)12(17)7-10/h5-7,9H,8H2,1-4H3. The first-order valence-electron chi connectivity index (χ1n) is 6.96. The van der Waals surface area contributed by atoms with Gasteiger partial charge in [-0.25, -0.2) is 18.9 Å². The number of benzene rings is 1. The van der Waals surface area contributed by atoms with Gasteiger partial charge in [-0.2, -0.15) is 5.10 Å². The van der Waals surface area contributed by atoms with Crippen molar-refractivity contribution in [3.05, 3.63) is 41.2 Å². The minimum atomic E-state index is -0.585. The summed E-state index contributed by atoms with van der Waals surface area (Å²) in [6.45, 7) is 5.53. The topological polar surface area (TPSA) is 60.2 Å². The SMILES string of the molecule is CN(Cc1ncnn1-c1ccc(Cl)c(F)c1)C(=O)OC(C)(C)C. The summed E-state index contributed by atoms with van der Waals surface area (Å²) < 4.78 is 20.3. The molecule has 0 unspecified atom stereocenters. The molecular weight excluding hydrogens is 323 g/mol. The molecule has 1 aromatic carbocycles. The van der Waals surface area contributed by atoms with Crippen molar-refractivity contribution in [2.75, 3.05) is 7.05 Å². The van der Waals surface area contributed by atoms with Crippen LogP contribution in [0.5, 0.6) is 0 Å². The first-order chi connectivity index (χ1) is 10.7. The summed E-state index contributed by atoms with van der Waals surface area (Å²) in [5.41, 5.74) is -0.116. The van der Waals surface area contributed by atoms with Gasteiger partial charge in [0.2, 0.25) is 0 Å². The zero-order chi connectivity index (χ0) is 17.2. The van der Waals surface area contributed by atoms with Crippen molar-refractivity contribution in [3.8, 4) is 5.69 Å². The van der Waals surface area contributed by atoms with E-state index in [9.17, 15) is 9.18 Å². The van der Waals surface area contributed by atoms with E-state index in [2.05, 4.69) is 10.1 Å². The molecule has 0 fully saturated rings. The monoisotopic (exact) mass is 340 g/mol. The Morgan fingerprint density at radius 3 is 2.74 bits per heavy atom. The van der Waals surface area contributed by atoms with Gasteiger partial charge in [0.15, 0.2) is 5.82 Å². The Bertz CT molecular complexity index is 712. The van der Waals surface area contributed by atoms with Crippen LogP contribution in [0.1, 0.15) is 26.6 Å². The van der Waals surface area contributed by atoms with Gasteiger partial charge in [-0.1, -0.05) is 11.6 Å². The minimum absolute atomic E-state index is 0.0290. The molecule has 0 bridgehead atoms. The average Bonchev–Trinajstić information content (AvgIpc) is 2.88. The molecule has 0 spiro atoms. The van der Waals surface area contributed by atoms with Gasteiger partial charge in [0.1, 0.15) is 17.7 Å². The lowest BCUT2D eigenvalue weighted by molar-refractivity contribution is 0.0280. The highest BCUT2D eigenvalue weighted by atomic mass is 35.5. The van der Waals surface area contributed by atoms with Crippen molar-refractivity contribution >= 4 is 17.7 Å². The third-order valence-corrected chi connectivity index (χ3v) is 3.16. The number of carbonyl (C=O) groups is 1. The predicted molar refractivity (Wildman–Crippen MR) is 84.0 cm³/mol. The Hall–Kier alpha value is -2.15. The fourth-order valence-corrected chi connectivity index (χ4v) is 1.94. The van der Waals surface area contributed by atoms with E-state index in [1.165, 1.54) is 28.0 Å². The maximum atomic E-state index is 13.6. The highest BCUT2D eigenvalue weighted by Gasteiger charge is 2.21. The molecule has 8 heteroatoms. The lowest BCUT2D eigenvalue weighted by Gasteiger charge is -2.24. The number of halogens is 2. The van der Waals surface area contributed by atoms with Gasteiger partial charge in [-0.3, -0.25) is 0 Å². The number of carbonyl (C=O) groups excluding carboxylic acids is 1. The Morgan fingerprint density at radius 1 is 1.43 bits per heavy atom. The van der Waals surface area contributed by atoms with Crippen LogP contribution >= 0.6 is 11.6 Å². The minimum Gasteiger partial charge on any atom is -0.444 e. The lowest BCUT2D eigenvalue weighted by Crippen LogP contribution is -2.34. The van der Waals surface area contributed by atoms with Crippen LogP contribution in [0.2, 0.25) is 5.02 Å². The van der Waals surface area contributed by atoms with Crippen molar-refractivity contribution in [2.24, 2.45) is 0 Å². The number of hydrogen-bond donors (Lipinski definition) is 0. The molecule has 2 rings (SSSR count). The second-order valence-electron chi connectivity index (χ2n) is 6.02. The van der Waals surface area contributed by atoms with E-state index >= 15 is 0 Å². The molecular formula is C15H18ClFN4O2. The Kier molecular flexibility index (Phi) is 4.89. The highest BCUT2D eigenvalue weighted by molar-refractivity contribution is 6.30. The molecule has 23 heavy (non-hydrogen) atoms. The number of amides is 1. The van der Waals surface area contributed by atoms with Gasteiger partial charge in [0, 0.05) is 13.1 Å². The molecule has 0 saturated carbocycles. The lowest BCUT2D eigenvalue weighted by atomic mass is 10.2. The van der Waals surface area contributed by atoms with Gasteiger partial charge in [-0.05, 0) is 32.9 Å². The first kappa shape index (κ1) is 17.2. The fraction of sp³-hybridized carbons (Fsp3) is 0.400. The van der Waals surface area contributed by atoms with Crippen LogP contribution in [0, 0.1) is 5.82 Å². The van der Waals surface area contributed by atoms with E-state index < -0.39 is 17.5 Å². The van der Waals surface area contributed by atoms with Crippen LogP contribution in [0.15, 0.2) is 24.5 Å². The predicted octanol–water partition coefficient (Wildman–Crippen LogP) is 3.43. The molecule has 1 amide bonds. The summed E-state index contributed by atoms with van der Waals surface area (Å²) in [5.74, 6) is -0.0776. The third-order valence-electron chi connectivity index (χ3n) is 2.85. The maximum Gasteiger partial charge on any atom is 0.410 e. The zero-order valence-corrected chi connectivity index (χ0v) is 14.1. The number of nitrogens with zero attached hydrogens (tertiary/aromatic N) is 4. The molecule has 0 N–H and O–H groups in total. The van der Waals surface area contributed by atoms with E-state index in [-0.39, 0.29) is 11.6 Å². The average molecular weight is 341 g/mol. The summed E-state index contributed by atoms with van der Waals surface area (Å²) in [6.07, 6.45) is 0.861. The molecule has 2 aromatic rings. The number of rotatable bonds is 3. The largest absolute Gasteiger partial charge is 0.444 e. The van der Waals surface area contributed by atoms with Crippen LogP contribution in [-0.4, -0.2) is 38.4 Å². The maximum absolute atomic E-state index is 13.6. The molecule has 0 radical (unpaired) electrons. The normalized spacial score (nSPS) is 11.4. The van der Waals surface area contributed by atoms with Gasteiger partial charge in [0.05, 0.1) is 17.3 Å². The second kappa shape index (κ2) is 6.54. The Labute approximate surface area is 138 Å². The van der Waals surface area contributed by atoms with Crippen molar-refractivity contribution < 1.29 is 13.9 Å². The zero-order valence-electron chi connectivity index (χ0n) is 13.4. The Balaban J connectivity index is 2.18. The van der Waals surface area contributed by atoms with E-state index in [0.29, 0.717) is 11.5 Å². The Morgan fingerprint density at radius 2 is 2.13 bits per heavy atom. The van der Waals surface area contributed by atoms with Gasteiger partial charge in [0.25, 0.3) is 0 Å².